The van der Waals surface area contributed by atoms with Crippen LogP contribution >= 0.6 is 27.3 Å². The second-order valence-corrected chi connectivity index (χ2v) is 6.60. The number of nitrogens with one attached hydrogen (secondary N) is 1. The Balaban J connectivity index is 2.17. The summed E-state index contributed by atoms with van der Waals surface area (Å²) < 4.78 is 1.02. The van der Waals surface area contributed by atoms with Crippen LogP contribution in [0.2, 0.25) is 0 Å². The van der Waals surface area contributed by atoms with Gasteiger partial charge in [-0.25, -0.2) is 0 Å². The van der Waals surface area contributed by atoms with Gasteiger partial charge in [0, 0.05) is 31.5 Å². The Bertz CT molecular complexity index is 663. The highest BCUT2D eigenvalue weighted by molar-refractivity contribution is 9.11. The van der Waals surface area contributed by atoms with Crippen LogP contribution in [0.4, 0.5) is 0 Å². The Morgan fingerprint density at radius 2 is 2.21 bits per heavy atom. The SMILES string of the molecule is Cc1cc(=O)c(C(=O)N(C)Cc2csc(Br)c2)c[nH]1. The van der Waals surface area contributed by atoms with Crippen LogP contribution in [0.25, 0.3) is 0 Å². The lowest BCUT2D eigenvalue weighted by molar-refractivity contribution is 0.0783. The molecule has 0 aliphatic heterocycles. The molecule has 2 rings (SSSR count). The largest absolute Gasteiger partial charge is 0.364 e. The summed E-state index contributed by atoms with van der Waals surface area (Å²) in [5.74, 6) is -0.274. The van der Waals surface area contributed by atoms with Gasteiger partial charge in [0.2, 0.25) is 0 Å². The van der Waals surface area contributed by atoms with Crippen molar-refractivity contribution in [3.05, 3.63) is 54.5 Å². The first kappa shape index (κ1) is 14.0. The van der Waals surface area contributed by atoms with Crippen LogP contribution in [0.5, 0.6) is 0 Å². The van der Waals surface area contributed by atoms with E-state index >= 15 is 0 Å². The Hall–Kier alpha value is -1.40. The number of thiophene rings is 1. The lowest BCUT2D eigenvalue weighted by Gasteiger charge is -2.16. The molecule has 0 aromatic carbocycles. The van der Waals surface area contributed by atoms with E-state index in [0.717, 1.165) is 15.0 Å². The Morgan fingerprint density at radius 1 is 1.47 bits per heavy atom. The van der Waals surface area contributed by atoms with Crippen molar-refractivity contribution in [1.82, 2.24) is 9.88 Å². The van der Waals surface area contributed by atoms with Crippen LogP contribution in [0.3, 0.4) is 0 Å². The van der Waals surface area contributed by atoms with E-state index in [9.17, 15) is 9.59 Å². The van der Waals surface area contributed by atoms with Crippen molar-refractivity contribution in [3.63, 3.8) is 0 Å². The Morgan fingerprint density at radius 3 is 2.79 bits per heavy atom. The fourth-order valence-corrected chi connectivity index (χ4v) is 2.92. The van der Waals surface area contributed by atoms with Gasteiger partial charge in [-0.1, -0.05) is 0 Å². The van der Waals surface area contributed by atoms with E-state index in [1.165, 1.54) is 17.2 Å². The fraction of sp³-hybridized carbons (Fsp3) is 0.231. The Labute approximate surface area is 123 Å². The number of pyridine rings is 1. The van der Waals surface area contributed by atoms with Crippen LogP contribution < -0.4 is 5.43 Å². The third-order valence-corrected chi connectivity index (χ3v) is 4.23. The van der Waals surface area contributed by atoms with Crippen molar-refractivity contribution < 1.29 is 4.79 Å². The van der Waals surface area contributed by atoms with Crippen LogP contribution in [0.15, 0.2) is 32.3 Å². The van der Waals surface area contributed by atoms with E-state index in [1.54, 1.807) is 25.3 Å². The predicted molar refractivity (Wildman–Crippen MR) is 79.6 cm³/mol. The average Bonchev–Trinajstić information content (AvgIpc) is 2.74. The molecule has 1 N–H and O–H groups in total. The first-order valence-corrected chi connectivity index (χ1v) is 7.32. The number of halogens is 1. The third-order valence-electron chi connectivity index (χ3n) is 2.68. The highest BCUT2D eigenvalue weighted by Gasteiger charge is 2.15. The molecule has 0 saturated carbocycles. The second kappa shape index (κ2) is 5.71. The number of amides is 1. The second-order valence-electron chi connectivity index (χ2n) is 4.31. The number of carbonyl (C=O) groups is 1. The molecule has 2 aromatic heterocycles. The highest BCUT2D eigenvalue weighted by Crippen LogP contribution is 2.21. The number of hydrogen-bond acceptors (Lipinski definition) is 3. The first-order chi connectivity index (χ1) is 8.97. The zero-order chi connectivity index (χ0) is 14.0. The molecule has 6 heteroatoms. The van der Waals surface area contributed by atoms with E-state index in [1.807, 2.05) is 11.4 Å². The Kier molecular flexibility index (Phi) is 4.21. The molecular formula is C13H13BrN2O2S. The molecule has 0 unspecified atom stereocenters. The summed E-state index contributed by atoms with van der Waals surface area (Å²) in [5, 5.41) is 1.98. The summed E-state index contributed by atoms with van der Waals surface area (Å²) in [4.78, 5) is 28.4. The van der Waals surface area contributed by atoms with E-state index in [0.29, 0.717) is 6.54 Å². The topological polar surface area (TPSA) is 53.2 Å². The molecular weight excluding hydrogens is 328 g/mol. The maximum atomic E-state index is 12.2. The van der Waals surface area contributed by atoms with Gasteiger partial charge in [-0.05, 0) is 39.9 Å². The summed E-state index contributed by atoms with van der Waals surface area (Å²) in [7, 11) is 1.69. The van der Waals surface area contributed by atoms with Gasteiger partial charge in [0.25, 0.3) is 5.91 Å². The molecule has 0 aliphatic rings. The van der Waals surface area contributed by atoms with E-state index in [4.69, 9.17) is 0 Å². The molecule has 0 aliphatic carbocycles. The normalized spacial score (nSPS) is 10.5. The molecule has 2 heterocycles. The van der Waals surface area contributed by atoms with Gasteiger partial charge in [-0.2, -0.15) is 0 Å². The number of H-pyrrole nitrogens is 1. The third kappa shape index (κ3) is 3.33. The number of aryl methyl sites for hydroxylation is 1. The number of nitrogens with zero attached hydrogens (tertiary/aromatic N) is 1. The van der Waals surface area contributed by atoms with E-state index in [2.05, 4.69) is 20.9 Å². The van der Waals surface area contributed by atoms with E-state index in [-0.39, 0.29) is 16.9 Å². The van der Waals surface area contributed by atoms with Gasteiger partial charge >= 0.3 is 0 Å². The zero-order valence-corrected chi connectivity index (χ0v) is 13.0. The van der Waals surface area contributed by atoms with Crippen molar-refractivity contribution in [3.8, 4) is 0 Å². The standard InChI is InChI=1S/C13H13BrN2O2S/c1-8-3-11(17)10(5-15-8)13(18)16(2)6-9-4-12(14)19-7-9/h3-5,7H,6H2,1-2H3,(H,15,17). The summed E-state index contributed by atoms with van der Waals surface area (Å²) in [6.45, 7) is 2.26. The van der Waals surface area contributed by atoms with E-state index < -0.39 is 0 Å². The van der Waals surface area contributed by atoms with Crippen LogP contribution in [0.1, 0.15) is 21.6 Å². The minimum absolute atomic E-state index is 0.169. The maximum absolute atomic E-state index is 12.2. The summed E-state index contributed by atoms with van der Waals surface area (Å²) >= 11 is 4.95. The number of hydrogen-bond donors (Lipinski definition) is 1. The fourth-order valence-electron chi connectivity index (χ4n) is 1.72. The molecule has 100 valence electrons. The quantitative estimate of drug-likeness (QED) is 0.933. The minimum Gasteiger partial charge on any atom is -0.364 e. The van der Waals surface area contributed by atoms with Crippen molar-refractivity contribution >= 4 is 33.2 Å². The van der Waals surface area contributed by atoms with Crippen molar-refractivity contribution in [2.75, 3.05) is 7.05 Å². The van der Waals surface area contributed by atoms with Crippen molar-refractivity contribution in [2.24, 2.45) is 0 Å². The first-order valence-electron chi connectivity index (χ1n) is 5.65. The van der Waals surface area contributed by atoms with Gasteiger partial charge in [-0.3, -0.25) is 9.59 Å². The molecule has 4 nitrogen and oxygen atoms in total. The van der Waals surface area contributed by atoms with Crippen LogP contribution in [-0.2, 0) is 6.54 Å². The molecule has 0 bridgehead atoms. The predicted octanol–water partition coefficient (Wildman–Crippen LogP) is 2.78. The number of rotatable bonds is 3. The number of carbonyl (C=O) groups excluding carboxylic acids is 1. The van der Waals surface area contributed by atoms with Gasteiger partial charge in [0.1, 0.15) is 5.56 Å². The average molecular weight is 341 g/mol. The molecule has 0 saturated heterocycles. The molecule has 1 amide bonds. The molecule has 0 fully saturated rings. The van der Waals surface area contributed by atoms with Crippen molar-refractivity contribution in [2.45, 2.75) is 13.5 Å². The van der Waals surface area contributed by atoms with Crippen molar-refractivity contribution in [1.29, 1.82) is 0 Å². The number of aromatic nitrogens is 1. The van der Waals surface area contributed by atoms with Crippen LogP contribution in [-0.4, -0.2) is 22.8 Å². The molecule has 0 atom stereocenters. The summed E-state index contributed by atoms with van der Waals surface area (Å²) in [6.07, 6.45) is 1.47. The van der Waals surface area contributed by atoms with Crippen LogP contribution in [0, 0.1) is 6.92 Å². The lowest BCUT2D eigenvalue weighted by Crippen LogP contribution is -2.30. The summed E-state index contributed by atoms with van der Waals surface area (Å²) in [5.41, 5.74) is 1.70. The smallest absolute Gasteiger partial charge is 0.259 e. The number of aromatic amines is 1. The molecule has 0 spiro atoms. The maximum Gasteiger partial charge on any atom is 0.259 e. The highest BCUT2D eigenvalue weighted by atomic mass is 79.9. The van der Waals surface area contributed by atoms with Gasteiger partial charge in [0.15, 0.2) is 5.43 Å². The van der Waals surface area contributed by atoms with Gasteiger partial charge < -0.3 is 9.88 Å². The van der Waals surface area contributed by atoms with Gasteiger partial charge in [-0.15, -0.1) is 11.3 Å². The lowest BCUT2D eigenvalue weighted by atomic mass is 10.2. The monoisotopic (exact) mass is 340 g/mol. The minimum atomic E-state index is -0.274. The zero-order valence-electron chi connectivity index (χ0n) is 10.6. The molecule has 0 radical (unpaired) electrons. The molecule has 2 aromatic rings. The molecule has 19 heavy (non-hydrogen) atoms. The van der Waals surface area contributed by atoms with Gasteiger partial charge in [0.05, 0.1) is 3.79 Å². The summed E-state index contributed by atoms with van der Waals surface area (Å²) in [6, 6.07) is 3.40.